The summed E-state index contributed by atoms with van der Waals surface area (Å²) in [4.78, 5) is 4.13. The second kappa shape index (κ2) is 5.13. The molecule has 0 unspecified atom stereocenters. The third-order valence-electron chi connectivity index (χ3n) is 2.27. The smallest absolute Gasteiger partial charge is 0.107 e. The molecule has 0 aromatic heterocycles. The summed E-state index contributed by atoms with van der Waals surface area (Å²) in [6, 6.07) is 6.28. The van der Waals surface area contributed by atoms with Crippen molar-refractivity contribution in [1.82, 2.24) is 0 Å². The van der Waals surface area contributed by atoms with E-state index in [1.165, 1.54) is 11.1 Å². The average Bonchev–Trinajstić information content (AvgIpc) is 2.09. The number of hydrogen-bond donors (Lipinski definition) is 1. The third-order valence-corrected chi connectivity index (χ3v) is 2.27. The fourth-order valence-electron chi connectivity index (χ4n) is 1.59. The van der Waals surface area contributed by atoms with Gasteiger partial charge < -0.3 is 0 Å². The predicted octanol–water partition coefficient (Wildman–Crippen LogP) is 3.18. The molecule has 0 spiro atoms. The second-order valence-electron chi connectivity index (χ2n) is 4.13. The summed E-state index contributed by atoms with van der Waals surface area (Å²) in [6.45, 7) is 6.73. The Hall–Kier alpha value is -0.860. The van der Waals surface area contributed by atoms with Crippen molar-refractivity contribution in [2.45, 2.75) is 33.8 Å². The van der Waals surface area contributed by atoms with E-state index >= 15 is 0 Å². The molecule has 0 amide bonds. The maximum Gasteiger partial charge on any atom is 0.107 e. The van der Waals surface area contributed by atoms with Crippen molar-refractivity contribution < 1.29 is 10.1 Å². The van der Waals surface area contributed by atoms with Gasteiger partial charge in [0.2, 0.25) is 0 Å². The Bertz CT molecular complexity index is 292. The highest BCUT2D eigenvalue weighted by Crippen LogP contribution is 2.14. The Morgan fingerprint density at radius 3 is 2.57 bits per heavy atom. The Balaban J connectivity index is 2.78. The maximum atomic E-state index is 8.36. The van der Waals surface area contributed by atoms with Crippen LogP contribution in [0.5, 0.6) is 0 Å². The molecule has 0 heterocycles. The Kier molecular flexibility index (Phi) is 4.11. The van der Waals surface area contributed by atoms with E-state index in [9.17, 15) is 0 Å². The molecule has 0 atom stereocenters. The van der Waals surface area contributed by atoms with Gasteiger partial charge in [0.1, 0.15) is 6.61 Å². The molecule has 0 bridgehead atoms. The molecule has 2 heteroatoms. The van der Waals surface area contributed by atoms with Gasteiger partial charge in [0.25, 0.3) is 0 Å². The molecule has 1 aromatic carbocycles. The number of rotatable bonds is 4. The topological polar surface area (TPSA) is 29.5 Å². The highest BCUT2D eigenvalue weighted by atomic mass is 17.1. The molecule has 0 fully saturated rings. The lowest BCUT2D eigenvalue weighted by molar-refractivity contribution is -0.253. The van der Waals surface area contributed by atoms with Crippen LogP contribution in [-0.4, -0.2) is 5.26 Å². The minimum Gasteiger partial charge on any atom is -0.251 e. The summed E-state index contributed by atoms with van der Waals surface area (Å²) < 4.78 is 0. The van der Waals surface area contributed by atoms with Crippen LogP contribution in [0, 0.1) is 12.8 Å². The van der Waals surface area contributed by atoms with E-state index in [1.807, 2.05) is 13.0 Å². The molecule has 0 aliphatic carbocycles. The van der Waals surface area contributed by atoms with Crippen molar-refractivity contribution in [3.05, 3.63) is 34.9 Å². The molecule has 14 heavy (non-hydrogen) atoms. The van der Waals surface area contributed by atoms with Gasteiger partial charge in [0, 0.05) is 0 Å². The summed E-state index contributed by atoms with van der Waals surface area (Å²) in [7, 11) is 0. The van der Waals surface area contributed by atoms with E-state index in [0.29, 0.717) is 5.92 Å². The first kappa shape index (κ1) is 11.2. The van der Waals surface area contributed by atoms with Crippen molar-refractivity contribution in [3.8, 4) is 0 Å². The quantitative estimate of drug-likeness (QED) is 0.589. The minimum absolute atomic E-state index is 0.272. The lowest BCUT2D eigenvalue weighted by Crippen LogP contribution is -1.97. The fraction of sp³-hybridized carbons (Fsp3) is 0.500. The van der Waals surface area contributed by atoms with Crippen LogP contribution < -0.4 is 0 Å². The third kappa shape index (κ3) is 3.13. The van der Waals surface area contributed by atoms with Gasteiger partial charge in [0.15, 0.2) is 0 Å². The summed E-state index contributed by atoms with van der Waals surface area (Å²) in [5, 5.41) is 8.36. The van der Waals surface area contributed by atoms with Crippen molar-refractivity contribution in [2.75, 3.05) is 0 Å². The highest BCUT2D eigenvalue weighted by molar-refractivity contribution is 5.30. The predicted molar refractivity (Wildman–Crippen MR) is 57.1 cm³/mol. The van der Waals surface area contributed by atoms with Gasteiger partial charge in [-0.3, -0.25) is 5.26 Å². The van der Waals surface area contributed by atoms with Gasteiger partial charge in [-0.15, -0.1) is 0 Å². The van der Waals surface area contributed by atoms with Gasteiger partial charge in [-0.1, -0.05) is 32.0 Å². The normalized spacial score (nSPS) is 10.9. The monoisotopic (exact) mass is 194 g/mol. The van der Waals surface area contributed by atoms with Crippen LogP contribution in [0.25, 0.3) is 0 Å². The first-order chi connectivity index (χ1) is 6.63. The maximum absolute atomic E-state index is 8.36. The highest BCUT2D eigenvalue weighted by Gasteiger charge is 2.02. The van der Waals surface area contributed by atoms with Crippen molar-refractivity contribution in [3.63, 3.8) is 0 Å². The van der Waals surface area contributed by atoms with Crippen molar-refractivity contribution >= 4 is 0 Å². The van der Waals surface area contributed by atoms with Crippen molar-refractivity contribution in [2.24, 2.45) is 5.92 Å². The zero-order chi connectivity index (χ0) is 10.6. The summed E-state index contributed by atoms with van der Waals surface area (Å²) >= 11 is 0. The largest absolute Gasteiger partial charge is 0.251 e. The van der Waals surface area contributed by atoms with Crippen LogP contribution in [0.2, 0.25) is 0 Å². The van der Waals surface area contributed by atoms with Crippen LogP contribution in [0.15, 0.2) is 18.2 Å². The number of aryl methyl sites for hydroxylation is 1. The Labute approximate surface area is 85.5 Å². The second-order valence-corrected chi connectivity index (χ2v) is 4.13. The molecular weight excluding hydrogens is 176 g/mol. The molecular formula is C12H18O2. The average molecular weight is 194 g/mol. The van der Waals surface area contributed by atoms with Crippen LogP contribution in [0.4, 0.5) is 0 Å². The minimum atomic E-state index is 0.272. The molecule has 0 saturated heterocycles. The molecule has 0 aliphatic heterocycles. The molecule has 78 valence electrons. The summed E-state index contributed by atoms with van der Waals surface area (Å²) in [5.74, 6) is 0.675. The van der Waals surface area contributed by atoms with Crippen LogP contribution in [0.1, 0.15) is 30.5 Å². The van der Waals surface area contributed by atoms with E-state index < -0.39 is 0 Å². The summed E-state index contributed by atoms with van der Waals surface area (Å²) in [6.07, 6.45) is 1.10. The molecule has 2 nitrogen and oxygen atoms in total. The fourth-order valence-corrected chi connectivity index (χ4v) is 1.59. The first-order valence-electron chi connectivity index (χ1n) is 4.98. The zero-order valence-electron chi connectivity index (χ0n) is 9.08. The van der Waals surface area contributed by atoms with Crippen molar-refractivity contribution in [1.29, 1.82) is 0 Å². The van der Waals surface area contributed by atoms with Crippen LogP contribution in [0.3, 0.4) is 0 Å². The molecule has 0 radical (unpaired) electrons. The lowest BCUT2D eigenvalue weighted by Gasteiger charge is -2.08. The number of hydrogen-bond acceptors (Lipinski definition) is 2. The van der Waals surface area contributed by atoms with E-state index in [2.05, 4.69) is 30.9 Å². The number of benzene rings is 1. The lowest BCUT2D eigenvalue weighted by atomic mass is 9.99. The Morgan fingerprint density at radius 2 is 2.07 bits per heavy atom. The van der Waals surface area contributed by atoms with E-state index in [4.69, 9.17) is 5.26 Å². The van der Waals surface area contributed by atoms with Gasteiger partial charge in [-0.2, -0.15) is 0 Å². The summed E-state index contributed by atoms with van der Waals surface area (Å²) in [5.41, 5.74) is 3.57. The molecule has 1 N–H and O–H groups in total. The molecule has 0 saturated carbocycles. The van der Waals surface area contributed by atoms with E-state index in [1.54, 1.807) is 0 Å². The van der Waals surface area contributed by atoms with Gasteiger partial charge in [-0.05, 0) is 36.0 Å². The van der Waals surface area contributed by atoms with Crippen LogP contribution in [-0.2, 0) is 17.9 Å². The van der Waals surface area contributed by atoms with E-state index in [0.717, 1.165) is 12.0 Å². The zero-order valence-corrected chi connectivity index (χ0v) is 9.08. The Morgan fingerprint density at radius 1 is 1.36 bits per heavy atom. The standard InChI is InChI=1S/C12H18O2/c1-9(2)6-11-4-5-12(8-14-13)10(3)7-11/h4-5,7,9,13H,6,8H2,1-3H3. The molecule has 1 rings (SSSR count). The van der Waals surface area contributed by atoms with Gasteiger partial charge >= 0.3 is 0 Å². The van der Waals surface area contributed by atoms with Gasteiger partial charge in [-0.25, -0.2) is 4.89 Å². The SMILES string of the molecule is Cc1cc(CC(C)C)ccc1COO. The van der Waals surface area contributed by atoms with E-state index in [-0.39, 0.29) is 6.61 Å². The van der Waals surface area contributed by atoms with Crippen LogP contribution >= 0.6 is 0 Å². The van der Waals surface area contributed by atoms with Gasteiger partial charge in [0.05, 0.1) is 0 Å². The molecule has 0 aliphatic rings. The first-order valence-corrected chi connectivity index (χ1v) is 4.98. The molecule has 1 aromatic rings.